The van der Waals surface area contributed by atoms with Crippen molar-refractivity contribution < 1.29 is 4.79 Å². The highest BCUT2D eigenvalue weighted by atomic mass is 35.5. The Morgan fingerprint density at radius 1 is 0.960 bits per heavy atom. The molecule has 25 heavy (non-hydrogen) atoms. The Kier molecular flexibility index (Phi) is 7.02. The van der Waals surface area contributed by atoms with Gasteiger partial charge in [-0.1, -0.05) is 30.7 Å². The van der Waals surface area contributed by atoms with Crippen molar-refractivity contribution in [1.29, 1.82) is 0 Å². The Morgan fingerprint density at radius 3 is 2.04 bits per heavy atom. The number of nitrogens with zero attached hydrogens (tertiary/aromatic N) is 2. The number of hydrazone groups is 1. The molecule has 1 N–H and O–H groups in total. The zero-order valence-electron chi connectivity index (χ0n) is 14.9. The molecule has 132 valence electrons. The van der Waals surface area contributed by atoms with Gasteiger partial charge in [0.2, 0.25) is 0 Å². The number of carbonyl (C=O) groups excluding carboxylic acids is 1. The molecule has 0 saturated heterocycles. The van der Waals surface area contributed by atoms with Gasteiger partial charge in [-0.05, 0) is 62.2 Å². The number of hydrogen-bond acceptors (Lipinski definition) is 3. The number of amides is 1. The van der Waals surface area contributed by atoms with Crippen LogP contribution in [0, 0.1) is 0 Å². The van der Waals surface area contributed by atoms with E-state index in [4.69, 9.17) is 11.6 Å². The fourth-order valence-corrected chi connectivity index (χ4v) is 2.71. The van der Waals surface area contributed by atoms with Crippen molar-refractivity contribution >= 4 is 28.9 Å². The Labute approximate surface area is 154 Å². The summed E-state index contributed by atoms with van der Waals surface area (Å²) in [4.78, 5) is 14.5. The molecule has 0 saturated carbocycles. The predicted molar refractivity (Wildman–Crippen MR) is 106 cm³/mol. The Bertz CT molecular complexity index is 720. The van der Waals surface area contributed by atoms with Crippen LogP contribution in [0.5, 0.6) is 0 Å². The van der Waals surface area contributed by atoms with E-state index in [1.165, 1.54) is 0 Å². The van der Waals surface area contributed by atoms with E-state index in [9.17, 15) is 4.79 Å². The number of rotatable bonds is 7. The van der Waals surface area contributed by atoms with Gasteiger partial charge in [0.15, 0.2) is 0 Å². The molecule has 1 amide bonds. The van der Waals surface area contributed by atoms with E-state index in [-0.39, 0.29) is 5.91 Å². The van der Waals surface area contributed by atoms with Crippen LogP contribution in [0.25, 0.3) is 0 Å². The highest BCUT2D eigenvalue weighted by Crippen LogP contribution is 2.15. The number of anilines is 1. The molecular formula is C20H24ClN3O. The lowest BCUT2D eigenvalue weighted by molar-refractivity contribution is 0.0955. The molecule has 0 aliphatic heterocycles. The maximum atomic E-state index is 12.3. The summed E-state index contributed by atoms with van der Waals surface area (Å²) in [5.74, 6) is -0.217. The molecule has 4 nitrogen and oxygen atoms in total. The van der Waals surface area contributed by atoms with Crippen molar-refractivity contribution in [3.8, 4) is 0 Å². The van der Waals surface area contributed by atoms with Crippen LogP contribution in [0.1, 0.15) is 43.1 Å². The molecule has 0 unspecified atom stereocenters. The molecular weight excluding hydrogens is 334 g/mol. The van der Waals surface area contributed by atoms with Gasteiger partial charge < -0.3 is 4.90 Å². The predicted octanol–water partition coefficient (Wildman–Crippen LogP) is 4.73. The monoisotopic (exact) mass is 357 g/mol. The molecule has 5 heteroatoms. The highest BCUT2D eigenvalue weighted by molar-refractivity contribution is 6.30. The van der Waals surface area contributed by atoms with Crippen molar-refractivity contribution in [3.63, 3.8) is 0 Å². The average Bonchev–Trinajstić information content (AvgIpc) is 2.65. The van der Waals surface area contributed by atoms with Crippen LogP contribution in [-0.4, -0.2) is 24.7 Å². The van der Waals surface area contributed by atoms with Gasteiger partial charge in [-0.3, -0.25) is 4.79 Å². The average molecular weight is 358 g/mol. The third kappa shape index (κ3) is 5.07. The molecule has 2 aromatic carbocycles. The van der Waals surface area contributed by atoms with Gasteiger partial charge in [-0.25, -0.2) is 5.43 Å². The van der Waals surface area contributed by atoms with Gasteiger partial charge in [0.05, 0.1) is 5.71 Å². The summed E-state index contributed by atoms with van der Waals surface area (Å²) in [7, 11) is 0. The van der Waals surface area contributed by atoms with Gasteiger partial charge in [0, 0.05) is 29.4 Å². The van der Waals surface area contributed by atoms with E-state index in [1.807, 2.05) is 55.5 Å². The van der Waals surface area contributed by atoms with E-state index in [0.717, 1.165) is 30.1 Å². The second-order valence-corrected chi connectivity index (χ2v) is 6.02. The number of benzene rings is 2. The first-order valence-corrected chi connectivity index (χ1v) is 8.94. The number of nitrogens with one attached hydrogen (secondary N) is 1. The van der Waals surface area contributed by atoms with Crippen LogP contribution in [0.15, 0.2) is 53.6 Å². The number of carbonyl (C=O) groups is 1. The summed E-state index contributed by atoms with van der Waals surface area (Å²) >= 11 is 5.91. The first kappa shape index (κ1) is 19.0. The minimum atomic E-state index is -0.217. The van der Waals surface area contributed by atoms with Crippen LogP contribution < -0.4 is 10.3 Å². The molecule has 0 aliphatic rings. The molecule has 0 heterocycles. The standard InChI is InChI=1S/C20H24ClN3O/c1-4-19(15-7-11-17(21)12-8-15)22-23-20(25)16-9-13-18(14-10-16)24(5-2)6-3/h7-14H,4-6H2,1-3H3,(H,23,25)/b22-19-. The van der Waals surface area contributed by atoms with E-state index >= 15 is 0 Å². The van der Waals surface area contributed by atoms with Crippen molar-refractivity contribution in [2.45, 2.75) is 27.2 Å². The van der Waals surface area contributed by atoms with Gasteiger partial charge in [0.1, 0.15) is 0 Å². The fourth-order valence-electron chi connectivity index (χ4n) is 2.59. The maximum absolute atomic E-state index is 12.3. The van der Waals surface area contributed by atoms with Crippen molar-refractivity contribution in [1.82, 2.24) is 5.43 Å². The van der Waals surface area contributed by atoms with Crippen molar-refractivity contribution in [3.05, 3.63) is 64.7 Å². The summed E-state index contributed by atoms with van der Waals surface area (Å²) in [6.07, 6.45) is 0.711. The first-order valence-electron chi connectivity index (χ1n) is 8.56. The van der Waals surface area contributed by atoms with Crippen LogP contribution >= 0.6 is 11.6 Å². The largest absolute Gasteiger partial charge is 0.372 e. The second kappa shape index (κ2) is 9.23. The van der Waals surface area contributed by atoms with E-state index in [1.54, 1.807) is 0 Å². The van der Waals surface area contributed by atoms with Crippen LogP contribution in [0.4, 0.5) is 5.69 Å². The van der Waals surface area contributed by atoms with Crippen LogP contribution in [0.3, 0.4) is 0 Å². The Morgan fingerprint density at radius 2 is 1.52 bits per heavy atom. The lowest BCUT2D eigenvalue weighted by atomic mass is 10.1. The zero-order valence-corrected chi connectivity index (χ0v) is 15.7. The SMILES string of the molecule is CC/C(=N/NC(=O)c1ccc(N(CC)CC)cc1)c1ccc(Cl)cc1. The number of halogens is 1. The van der Waals surface area contributed by atoms with Crippen molar-refractivity contribution in [2.24, 2.45) is 5.10 Å². The van der Waals surface area contributed by atoms with E-state index in [0.29, 0.717) is 17.0 Å². The van der Waals surface area contributed by atoms with Crippen molar-refractivity contribution in [2.75, 3.05) is 18.0 Å². The molecule has 0 spiro atoms. The summed E-state index contributed by atoms with van der Waals surface area (Å²) in [5.41, 5.74) is 6.10. The van der Waals surface area contributed by atoms with Gasteiger partial charge in [0.25, 0.3) is 5.91 Å². The summed E-state index contributed by atoms with van der Waals surface area (Å²) in [6.45, 7) is 8.10. The number of hydrogen-bond donors (Lipinski definition) is 1. The molecule has 2 rings (SSSR count). The quantitative estimate of drug-likeness (QED) is 0.575. The second-order valence-electron chi connectivity index (χ2n) is 5.58. The summed E-state index contributed by atoms with van der Waals surface area (Å²) in [5, 5.41) is 4.95. The first-order chi connectivity index (χ1) is 12.1. The molecule has 0 radical (unpaired) electrons. The van der Waals surface area contributed by atoms with E-state index in [2.05, 4.69) is 29.3 Å². The maximum Gasteiger partial charge on any atom is 0.271 e. The Hall–Kier alpha value is -2.33. The lowest BCUT2D eigenvalue weighted by Crippen LogP contribution is -2.22. The fraction of sp³-hybridized carbons (Fsp3) is 0.300. The molecule has 0 fully saturated rings. The third-order valence-corrected chi connectivity index (χ3v) is 4.31. The molecule has 0 bridgehead atoms. The summed E-state index contributed by atoms with van der Waals surface area (Å²) in [6, 6.07) is 15.0. The van der Waals surface area contributed by atoms with E-state index < -0.39 is 0 Å². The summed E-state index contributed by atoms with van der Waals surface area (Å²) < 4.78 is 0. The molecule has 2 aromatic rings. The minimum absolute atomic E-state index is 0.217. The smallest absolute Gasteiger partial charge is 0.271 e. The van der Waals surface area contributed by atoms with Crippen LogP contribution in [0.2, 0.25) is 5.02 Å². The molecule has 0 atom stereocenters. The van der Waals surface area contributed by atoms with Gasteiger partial charge >= 0.3 is 0 Å². The van der Waals surface area contributed by atoms with Crippen LogP contribution in [-0.2, 0) is 0 Å². The third-order valence-electron chi connectivity index (χ3n) is 4.06. The minimum Gasteiger partial charge on any atom is -0.372 e. The Balaban J connectivity index is 2.08. The highest BCUT2D eigenvalue weighted by Gasteiger charge is 2.08. The molecule has 0 aliphatic carbocycles. The lowest BCUT2D eigenvalue weighted by Gasteiger charge is -2.20. The normalized spacial score (nSPS) is 11.3. The topological polar surface area (TPSA) is 44.7 Å². The molecule has 0 aromatic heterocycles. The van der Waals surface area contributed by atoms with Gasteiger partial charge in [-0.15, -0.1) is 0 Å². The van der Waals surface area contributed by atoms with Gasteiger partial charge in [-0.2, -0.15) is 5.10 Å². The zero-order chi connectivity index (χ0) is 18.2.